The minimum Gasteiger partial charge on any atom is -0.512 e. The van der Waals surface area contributed by atoms with E-state index in [1.807, 2.05) is 47.7 Å². The van der Waals surface area contributed by atoms with Crippen LogP contribution in [0.2, 0.25) is 0 Å². The zero-order chi connectivity index (χ0) is 34.0. The fourth-order valence-corrected chi connectivity index (χ4v) is 7.71. The summed E-state index contributed by atoms with van der Waals surface area (Å²) in [6.45, 7) is 25.4. The Morgan fingerprint density at radius 1 is 0.851 bits per heavy atom. The van der Waals surface area contributed by atoms with Crippen molar-refractivity contribution < 1.29 is 30.0 Å². The summed E-state index contributed by atoms with van der Waals surface area (Å²) in [6, 6.07) is 24.0. The van der Waals surface area contributed by atoms with Crippen molar-refractivity contribution in [1.29, 1.82) is 0 Å². The minimum absolute atomic E-state index is 0. The number of allylic oxidation sites excluding steroid dienone is 2. The molecule has 2 aliphatic rings. The number of aliphatic hydroxyl groups is 1. The number of pyridine rings is 1. The number of aryl methyl sites for hydroxylation is 2. The predicted octanol–water partition coefficient (Wildman–Crippen LogP) is 10.8. The Hall–Kier alpha value is -3.07. The predicted molar refractivity (Wildman–Crippen MR) is 192 cm³/mol. The van der Waals surface area contributed by atoms with Gasteiger partial charge in [-0.05, 0) is 76.4 Å². The zero-order valence-corrected chi connectivity index (χ0v) is 32.8. The number of hydrogen-bond donors (Lipinski definition) is 1. The first kappa shape index (κ1) is 36.8. The first-order chi connectivity index (χ1) is 21.2. The number of aromatic nitrogens is 1. The third kappa shape index (κ3) is 6.29. The quantitative estimate of drug-likeness (QED) is 0.125. The van der Waals surface area contributed by atoms with E-state index in [-0.39, 0.29) is 53.3 Å². The first-order valence-corrected chi connectivity index (χ1v) is 16.7. The molecule has 1 radical (unpaired) electrons. The van der Waals surface area contributed by atoms with Gasteiger partial charge in [0.25, 0.3) is 0 Å². The average molecular weight is 807 g/mol. The second kappa shape index (κ2) is 12.4. The fourth-order valence-electron chi connectivity index (χ4n) is 7.71. The standard InChI is InChI=1S/C32H32N.C11H20O2.Ir/c1-20-15-28(33-19-21(20)2)23-12-11-22-13-14-27-29(26(22)16-23)31(5,6)32(30(27,3)4)17-24-9-7-8-10-25(24)18-32;1-10(2,3)8(12)7-9(13)11(4,5)6;/h7-11,13-16,19H,17-18H2,1-6H3;7,12H,1-6H3;/q-1;;/b;8-7-;. The number of rotatable bonds is 2. The molecule has 0 amide bonds. The second-order valence-electron chi connectivity index (χ2n) is 16.8. The number of nitrogens with zero attached hydrogens (tertiary/aromatic N) is 1. The largest absolute Gasteiger partial charge is 0.512 e. The summed E-state index contributed by atoms with van der Waals surface area (Å²) in [7, 11) is 0. The Labute approximate surface area is 296 Å². The smallest absolute Gasteiger partial charge is 0.164 e. The molecule has 0 fully saturated rings. The summed E-state index contributed by atoms with van der Waals surface area (Å²) >= 11 is 0. The van der Waals surface area contributed by atoms with E-state index in [2.05, 4.69) is 102 Å². The number of carbonyl (C=O) groups is 1. The van der Waals surface area contributed by atoms with E-state index >= 15 is 0 Å². The Bertz CT molecular complexity index is 1840. The van der Waals surface area contributed by atoms with Gasteiger partial charge in [0.05, 0.1) is 0 Å². The molecule has 4 aromatic rings. The van der Waals surface area contributed by atoms with Crippen molar-refractivity contribution in [2.75, 3.05) is 0 Å². The molecule has 3 aromatic carbocycles. The van der Waals surface area contributed by atoms with Gasteiger partial charge in [-0.1, -0.05) is 128 Å². The van der Waals surface area contributed by atoms with Gasteiger partial charge in [-0.15, -0.1) is 23.8 Å². The molecular weight excluding hydrogens is 755 g/mol. The number of fused-ring (bicyclic) bond motifs is 4. The molecule has 47 heavy (non-hydrogen) atoms. The Morgan fingerprint density at radius 2 is 1.45 bits per heavy atom. The van der Waals surface area contributed by atoms with Crippen molar-refractivity contribution >= 4 is 16.6 Å². The van der Waals surface area contributed by atoms with Crippen molar-refractivity contribution in [3.63, 3.8) is 0 Å². The monoisotopic (exact) mass is 807 g/mol. The Morgan fingerprint density at radius 3 is 1.98 bits per heavy atom. The minimum atomic E-state index is -0.417. The SMILES string of the molecule is CC(C)(C)C(=O)/C=C(\O)C(C)(C)C.Cc1cnc(-c2[c-]cc3ccc4c(c3c2)C(C)(C)C2(Cc3ccccc3C2)C4(C)C)cc1C.[Ir]. The molecule has 0 aliphatic heterocycles. The van der Waals surface area contributed by atoms with Crippen LogP contribution in [0.15, 0.2) is 72.6 Å². The summed E-state index contributed by atoms with van der Waals surface area (Å²) < 4.78 is 0. The normalized spacial score (nSPS) is 17.4. The van der Waals surface area contributed by atoms with Crippen molar-refractivity contribution in [2.45, 2.75) is 107 Å². The molecular formula is C43H52IrNO2-. The van der Waals surface area contributed by atoms with Crippen LogP contribution in [-0.4, -0.2) is 15.9 Å². The maximum atomic E-state index is 11.5. The summed E-state index contributed by atoms with van der Waals surface area (Å²) in [4.78, 5) is 16.2. The first-order valence-electron chi connectivity index (χ1n) is 16.7. The van der Waals surface area contributed by atoms with E-state index < -0.39 is 5.41 Å². The van der Waals surface area contributed by atoms with Gasteiger partial charge in [0.1, 0.15) is 5.76 Å². The van der Waals surface area contributed by atoms with Crippen molar-refractivity contribution in [1.82, 2.24) is 4.98 Å². The van der Waals surface area contributed by atoms with Gasteiger partial charge in [-0.3, -0.25) is 4.79 Å². The number of hydrogen-bond acceptors (Lipinski definition) is 3. The number of aliphatic hydroxyl groups excluding tert-OH is 1. The molecule has 0 saturated carbocycles. The molecule has 0 atom stereocenters. The Kier molecular flexibility index (Phi) is 9.72. The molecule has 1 N–H and O–H groups in total. The van der Waals surface area contributed by atoms with Gasteiger partial charge >= 0.3 is 0 Å². The van der Waals surface area contributed by atoms with Crippen LogP contribution in [0.1, 0.15) is 103 Å². The van der Waals surface area contributed by atoms with E-state index in [9.17, 15) is 9.90 Å². The summed E-state index contributed by atoms with van der Waals surface area (Å²) in [5, 5.41) is 12.2. The summed E-state index contributed by atoms with van der Waals surface area (Å²) in [5.74, 6) is 0.104. The van der Waals surface area contributed by atoms with E-state index in [1.54, 1.807) is 0 Å². The fraction of sp³-hybridized carbons (Fsp3) is 0.442. The molecule has 1 heterocycles. The van der Waals surface area contributed by atoms with Crippen LogP contribution in [0.5, 0.6) is 0 Å². The molecule has 4 heteroatoms. The third-order valence-electron chi connectivity index (χ3n) is 11.2. The molecule has 1 aromatic heterocycles. The van der Waals surface area contributed by atoms with E-state index in [0.717, 1.165) is 24.1 Å². The van der Waals surface area contributed by atoms with Gasteiger partial charge < -0.3 is 10.1 Å². The van der Waals surface area contributed by atoms with Crippen LogP contribution in [0, 0.1) is 36.2 Å². The summed E-state index contributed by atoms with van der Waals surface area (Å²) in [6.07, 6.45) is 5.60. The van der Waals surface area contributed by atoms with E-state index in [0.29, 0.717) is 0 Å². The van der Waals surface area contributed by atoms with Crippen molar-refractivity contribution in [3.8, 4) is 11.3 Å². The molecule has 1 spiro atoms. The van der Waals surface area contributed by atoms with E-state index in [1.165, 1.54) is 50.2 Å². The second-order valence-corrected chi connectivity index (χ2v) is 16.8. The zero-order valence-electron chi connectivity index (χ0n) is 30.4. The Balaban J connectivity index is 0.000000307. The number of carbonyl (C=O) groups excluding carboxylic acids is 1. The van der Waals surface area contributed by atoms with Crippen LogP contribution in [-0.2, 0) is 48.6 Å². The maximum Gasteiger partial charge on any atom is 0.164 e. The van der Waals surface area contributed by atoms with Crippen molar-refractivity contribution in [3.05, 3.63) is 112 Å². The van der Waals surface area contributed by atoms with Crippen LogP contribution in [0.3, 0.4) is 0 Å². The van der Waals surface area contributed by atoms with Crippen LogP contribution < -0.4 is 0 Å². The molecule has 2 aliphatic carbocycles. The number of ketones is 1. The van der Waals surface area contributed by atoms with Crippen LogP contribution in [0.4, 0.5) is 0 Å². The van der Waals surface area contributed by atoms with Gasteiger partial charge in [-0.25, -0.2) is 0 Å². The molecule has 0 saturated heterocycles. The van der Waals surface area contributed by atoms with Gasteiger partial charge in [-0.2, -0.15) is 0 Å². The molecule has 3 nitrogen and oxygen atoms in total. The van der Waals surface area contributed by atoms with E-state index in [4.69, 9.17) is 4.98 Å². The van der Waals surface area contributed by atoms with Gasteiger partial charge in [0.2, 0.25) is 0 Å². The number of benzene rings is 3. The molecule has 251 valence electrons. The molecule has 0 bridgehead atoms. The van der Waals surface area contributed by atoms with Crippen molar-refractivity contribution in [2.24, 2.45) is 16.2 Å². The van der Waals surface area contributed by atoms with Gasteiger partial charge in [0.15, 0.2) is 5.78 Å². The molecule has 6 rings (SSSR count). The maximum absolute atomic E-state index is 11.5. The summed E-state index contributed by atoms with van der Waals surface area (Å²) in [5.41, 5.74) is 10.2. The molecule has 0 unspecified atom stereocenters. The van der Waals surface area contributed by atoms with Gasteiger partial charge in [0, 0.05) is 43.2 Å². The van der Waals surface area contributed by atoms with Crippen LogP contribution >= 0.6 is 0 Å². The topological polar surface area (TPSA) is 50.2 Å². The van der Waals surface area contributed by atoms with Crippen LogP contribution in [0.25, 0.3) is 22.0 Å². The average Bonchev–Trinajstić information content (AvgIpc) is 3.44. The third-order valence-corrected chi connectivity index (χ3v) is 11.2.